The second kappa shape index (κ2) is 6.83. The Balaban J connectivity index is 2.08. The Morgan fingerprint density at radius 3 is 2.43 bits per heavy atom. The molecule has 0 unspecified atom stereocenters. The van der Waals surface area contributed by atoms with Crippen LogP contribution in [0.3, 0.4) is 0 Å². The average Bonchev–Trinajstić information content (AvgIpc) is 2.85. The summed E-state index contributed by atoms with van der Waals surface area (Å²) in [5, 5.41) is 3.99. The van der Waals surface area contributed by atoms with Gasteiger partial charge in [0, 0.05) is 13.1 Å². The number of hydrogen-bond acceptors (Lipinski definition) is 5. The molecule has 0 saturated heterocycles. The Morgan fingerprint density at radius 2 is 1.86 bits per heavy atom. The molecule has 2 N–H and O–H groups in total. The van der Waals surface area contributed by atoms with Gasteiger partial charge in [-0.25, -0.2) is 0 Å². The van der Waals surface area contributed by atoms with Crippen LogP contribution < -0.4 is 5.73 Å². The summed E-state index contributed by atoms with van der Waals surface area (Å²) in [6.45, 7) is 9.45. The van der Waals surface area contributed by atoms with E-state index in [2.05, 4.69) is 60.1 Å². The highest BCUT2D eigenvalue weighted by Gasteiger charge is 2.19. The minimum Gasteiger partial charge on any atom is -0.338 e. The summed E-state index contributed by atoms with van der Waals surface area (Å²) in [6.07, 6.45) is 0. The van der Waals surface area contributed by atoms with E-state index in [0.717, 1.165) is 13.1 Å². The van der Waals surface area contributed by atoms with Crippen LogP contribution in [0.25, 0.3) is 0 Å². The maximum atomic E-state index is 5.51. The van der Waals surface area contributed by atoms with Crippen molar-refractivity contribution in [3.63, 3.8) is 0 Å². The van der Waals surface area contributed by atoms with Crippen LogP contribution in [0.15, 0.2) is 34.9 Å². The summed E-state index contributed by atoms with van der Waals surface area (Å²) in [7, 11) is 0. The number of nitrogens with zero attached hydrogens (tertiary/aromatic N) is 3. The van der Waals surface area contributed by atoms with E-state index < -0.39 is 0 Å². The molecule has 21 heavy (non-hydrogen) atoms. The fourth-order valence-electron chi connectivity index (χ4n) is 2.32. The molecule has 0 fully saturated rings. The summed E-state index contributed by atoms with van der Waals surface area (Å²) in [4.78, 5) is 6.63. The van der Waals surface area contributed by atoms with E-state index in [1.165, 1.54) is 5.56 Å². The standard InChI is InChI=1S/C16H24N4O/c1-16(2,3)12-20(10-13-7-5-4-6-8-13)11-14-18-15(9-17)21-19-14/h4-8H,9-12,17H2,1-3H3. The van der Waals surface area contributed by atoms with E-state index in [9.17, 15) is 0 Å². The largest absolute Gasteiger partial charge is 0.338 e. The van der Waals surface area contributed by atoms with E-state index >= 15 is 0 Å². The van der Waals surface area contributed by atoms with Gasteiger partial charge in [0.1, 0.15) is 0 Å². The van der Waals surface area contributed by atoms with Crippen LogP contribution in [0, 0.1) is 5.41 Å². The van der Waals surface area contributed by atoms with E-state index in [1.807, 2.05) is 6.07 Å². The normalized spacial score (nSPS) is 12.0. The van der Waals surface area contributed by atoms with Gasteiger partial charge >= 0.3 is 0 Å². The Morgan fingerprint density at radius 1 is 1.14 bits per heavy atom. The highest BCUT2D eigenvalue weighted by molar-refractivity contribution is 5.14. The zero-order chi connectivity index (χ0) is 15.3. The van der Waals surface area contributed by atoms with Gasteiger partial charge < -0.3 is 10.3 Å². The molecule has 1 aromatic carbocycles. The lowest BCUT2D eigenvalue weighted by Crippen LogP contribution is -2.32. The van der Waals surface area contributed by atoms with E-state index in [1.54, 1.807) is 0 Å². The Bertz CT molecular complexity index is 545. The van der Waals surface area contributed by atoms with Gasteiger partial charge in [-0.05, 0) is 11.0 Å². The lowest BCUT2D eigenvalue weighted by atomic mass is 9.95. The third kappa shape index (κ3) is 5.28. The molecule has 5 nitrogen and oxygen atoms in total. The summed E-state index contributed by atoms with van der Waals surface area (Å²) in [5.74, 6) is 1.18. The average molecular weight is 288 g/mol. The molecule has 2 aromatic rings. The maximum absolute atomic E-state index is 5.51. The van der Waals surface area contributed by atoms with Crippen molar-refractivity contribution in [2.75, 3.05) is 6.54 Å². The zero-order valence-corrected chi connectivity index (χ0v) is 13.0. The molecular weight excluding hydrogens is 264 g/mol. The Kier molecular flexibility index (Phi) is 5.09. The van der Waals surface area contributed by atoms with Crippen molar-refractivity contribution in [1.82, 2.24) is 15.0 Å². The predicted molar refractivity (Wildman–Crippen MR) is 82.2 cm³/mol. The van der Waals surface area contributed by atoms with Gasteiger partial charge in [-0.2, -0.15) is 4.98 Å². The first-order valence-electron chi connectivity index (χ1n) is 7.24. The molecule has 0 amide bonds. The molecule has 0 saturated carbocycles. The summed E-state index contributed by atoms with van der Waals surface area (Å²) >= 11 is 0. The Hall–Kier alpha value is -1.72. The van der Waals surface area contributed by atoms with Gasteiger partial charge in [0.15, 0.2) is 5.82 Å². The second-order valence-corrected chi connectivity index (χ2v) is 6.50. The third-order valence-electron chi connectivity index (χ3n) is 3.00. The molecule has 0 bridgehead atoms. The van der Waals surface area contributed by atoms with Gasteiger partial charge in [0.2, 0.25) is 5.89 Å². The van der Waals surface area contributed by atoms with Crippen molar-refractivity contribution in [3.8, 4) is 0 Å². The molecule has 0 aliphatic carbocycles. The highest BCUT2D eigenvalue weighted by Crippen LogP contribution is 2.18. The van der Waals surface area contributed by atoms with Crippen molar-refractivity contribution in [1.29, 1.82) is 0 Å². The SMILES string of the molecule is CC(C)(C)CN(Cc1ccccc1)Cc1noc(CN)n1. The summed E-state index contributed by atoms with van der Waals surface area (Å²) in [6, 6.07) is 10.4. The summed E-state index contributed by atoms with van der Waals surface area (Å²) < 4.78 is 5.08. The molecule has 0 atom stereocenters. The van der Waals surface area contributed by atoms with Crippen LogP contribution in [0.2, 0.25) is 0 Å². The highest BCUT2D eigenvalue weighted by atomic mass is 16.5. The van der Waals surface area contributed by atoms with Gasteiger partial charge in [0.25, 0.3) is 0 Å². The molecule has 2 rings (SSSR count). The smallest absolute Gasteiger partial charge is 0.240 e. The van der Waals surface area contributed by atoms with Gasteiger partial charge in [-0.1, -0.05) is 56.3 Å². The molecule has 0 aliphatic heterocycles. The minimum absolute atomic E-state index is 0.204. The van der Waals surface area contributed by atoms with Crippen LogP contribution in [0.4, 0.5) is 0 Å². The molecule has 5 heteroatoms. The molecular formula is C16H24N4O. The van der Waals surface area contributed by atoms with Crippen molar-refractivity contribution < 1.29 is 4.52 Å². The molecule has 1 heterocycles. The second-order valence-electron chi connectivity index (χ2n) is 6.50. The summed E-state index contributed by atoms with van der Waals surface area (Å²) in [5.41, 5.74) is 6.99. The first kappa shape index (κ1) is 15.7. The van der Waals surface area contributed by atoms with Gasteiger partial charge in [-0.3, -0.25) is 4.90 Å². The first-order valence-corrected chi connectivity index (χ1v) is 7.24. The number of rotatable bonds is 6. The van der Waals surface area contributed by atoms with Crippen LogP contribution >= 0.6 is 0 Å². The quantitative estimate of drug-likeness (QED) is 0.884. The van der Waals surface area contributed by atoms with E-state index in [0.29, 0.717) is 18.3 Å². The molecule has 114 valence electrons. The fraction of sp³-hybridized carbons (Fsp3) is 0.500. The zero-order valence-electron chi connectivity index (χ0n) is 13.0. The maximum Gasteiger partial charge on any atom is 0.240 e. The van der Waals surface area contributed by atoms with Crippen molar-refractivity contribution in [2.24, 2.45) is 11.1 Å². The molecule has 0 radical (unpaired) electrons. The van der Waals surface area contributed by atoms with Crippen molar-refractivity contribution >= 4 is 0 Å². The fourth-order valence-corrected chi connectivity index (χ4v) is 2.32. The van der Waals surface area contributed by atoms with Crippen LogP contribution in [0.5, 0.6) is 0 Å². The van der Waals surface area contributed by atoms with Crippen molar-refractivity contribution in [2.45, 2.75) is 40.4 Å². The van der Waals surface area contributed by atoms with Crippen LogP contribution in [-0.2, 0) is 19.6 Å². The third-order valence-corrected chi connectivity index (χ3v) is 3.00. The Labute approximate surface area is 126 Å². The molecule has 0 spiro atoms. The van der Waals surface area contributed by atoms with Crippen LogP contribution in [0.1, 0.15) is 38.0 Å². The van der Waals surface area contributed by atoms with E-state index in [-0.39, 0.29) is 12.0 Å². The lowest BCUT2D eigenvalue weighted by molar-refractivity contribution is 0.171. The predicted octanol–water partition coefficient (Wildman–Crippen LogP) is 2.58. The number of hydrogen-bond donors (Lipinski definition) is 1. The molecule has 1 aromatic heterocycles. The monoisotopic (exact) mass is 288 g/mol. The number of nitrogens with two attached hydrogens (primary N) is 1. The van der Waals surface area contributed by atoms with Gasteiger partial charge in [-0.15, -0.1) is 0 Å². The minimum atomic E-state index is 0.204. The van der Waals surface area contributed by atoms with Crippen LogP contribution in [-0.4, -0.2) is 21.6 Å². The topological polar surface area (TPSA) is 68.2 Å². The first-order chi connectivity index (χ1) is 9.96. The van der Waals surface area contributed by atoms with Crippen molar-refractivity contribution in [3.05, 3.63) is 47.6 Å². The van der Waals surface area contributed by atoms with E-state index in [4.69, 9.17) is 10.3 Å². The number of aromatic nitrogens is 2. The van der Waals surface area contributed by atoms with Gasteiger partial charge in [0.05, 0.1) is 13.1 Å². The lowest BCUT2D eigenvalue weighted by Gasteiger charge is -2.29. The number of benzene rings is 1. The molecule has 0 aliphatic rings.